The fourth-order valence-corrected chi connectivity index (χ4v) is 3.17. The first-order chi connectivity index (χ1) is 10.4. The third kappa shape index (κ3) is 4.61. The molecule has 4 nitrogen and oxygen atoms in total. The van der Waals surface area contributed by atoms with Gasteiger partial charge in [-0.3, -0.25) is 0 Å². The minimum absolute atomic E-state index is 0.160. The van der Waals surface area contributed by atoms with E-state index in [1.165, 1.54) is 24.3 Å². The van der Waals surface area contributed by atoms with E-state index in [4.69, 9.17) is 27.9 Å². The summed E-state index contributed by atoms with van der Waals surface area (Å²) >= 11 is 11.6. The van der Waals surface area contributed by atoms with Gasteiger partial charge >= 0.3 is 0 Å². The van der Waals surface area contributed by atoms with Crippen LogP contribution in [0.5, 0.6) is 5.75 Å². The van der Waals surface area contributed by atoms with E-state index in [0.717, 1.165) is 5.56 Å². The van der Waals surface area contributed by atoms with Crippen LogP contribution in [0.15, 0.2) is 47.4 Å². The van der Waals surface area contributed by atoms with E-state index < -0.39 is 10.0 Å². The van der Waals surface area contributed by atoms with Crippen molar-refractivity contribution in [3.05, 3.63) is 58.1 Å². The van der Waals surface area contributed by atoms with Gasteiger partial charge in [0.05, 0.1) is 4.90 Å². The molecule has 0 spiro atoms. The summed E-state index contributed by atoms with van der Waals surface area (Å²) in [4.78, 5) is 0.166. The van der Waals surface area contributed by atoms with E-state index in [1.807, 2.05) is 6.92 Å². The Morgan fingerprint density at radius 2 is 1.68 bits per heavy atom. The summed E-state index contributed by atoms with van der Waals surface area (Å²) in [6, 6.07) is 11.2. The van der Waals surface area contributed by atoms with Gasteiger partial charge in [0.1, 0.15) is 12.4 Å². The van der Waals surface area contributed by atoms with Gasteiger partial charge in [-0.1, -0.05) is 23.2 Å². The summed E-state index contributed by atoms with van der Waals surface area (Å²) in [6.07, 6.45) is 0. The minimum atomic E-state index is -3.56. The molecule has 0 aliphatic carbocycles. The van der Waals surface area contributed by atoms with Crippen LogP contribution in [0.25, 0.3) is 0 Å². The number of halogens is 2. The zero-order chi connectivity index (χ0) is 16.2. The van der Waals surface area contributed by atoms with Crippen LogP contribution in [0.1, 0.15) is 5.56 Å². The number of ether oxygens (including phenoxy) is 1. The van der Waals surface area contributed by atoms with Crippen molar-refractivity contribution < 1.29 is 13.2 Å². The Hall–Kier alpha value is -1.27. The Balaban J connectivity index is 1.89. The molecular formula is C15H15Cl2NO3S. The van der Waals surface area contributed by atoms with Crippen LogP contribution < -0.4 is 9.46 Å². The largest absolute Gasteiger partial charge is 0.492 e. The van der Waals surface area contributed by atoms with E-state index in [-0.39, 0.29) is 18.0 Å². The molecular weight excluding hydrogens is 345 g/mol. The lowest BCUT2D eigenvalue weighted by atomic mass is 10.2. The van der Waals surface area contributed by atoms with E-state index in [1.54, 1.807) is 18.2 Å². The number of sulfonamides is 1. The van der Waals surface area contributed by atoms with Gasteiger partial charge in [-0.05, 0) is 55.0 Å². The molecule has 0 bridgehead atoms. The lowest BCUT2D eigenvalue weighted by Crippen LogP contribution is -2.28. The molecule has 0 aromatic heterocycles. The van der Waals surface area contributed by atoms with E-state index in [2.05, 4.69) is 4.72 Å². The first-order valence-corrected chi connectivity index (χ1v) is 8.76. The standard InChI is InChI=1S/C15H15Cl2NO3S/c1-11-10-13(17)4-7-15(11)21-9-8-18-22(19,20)14-5-2-12(16)3-6-14/h2-7,10,18H,8-9H2,1H3. The number of benzene rings is 2. The van der Waals surface area contributed by atoms with Crippen molar-refractivity contribution in [3.63, 3.8) is 0 Å². The van der Waals surface area contributed by atoms with Gasteiger partial charge in [0, 0.05) is 16.6 Å². The van der Waals surface area contributed by atoms with Crippen LogP contribution in [-0.2, 0) is 10.0 Å². The summed E-state index contributed by atoms with van der Waals surface area (Å²) in [5.41, 5.74) is 0.896. The molecule has 7 heteroatoms. The van der Waals surface area contributed by atoms with Gasteiger partial charge in [-0.15, -0.1) is 0 Å². The fraction of sp³-hybridized carbons (Fsp3) is 0.200. The first kappa shape index (κ1) is 17.1. The second-order valence-electron chi connectivity index (χ2n) is 4.61. The number of nitrogens with one attached hydrogen (secondary N) is 1. The highest BCUT2D eigenvalue weighted by Crippen LogP contribution is 2.21. The van der Waals surface area contributed by atoms with Gasteiger partial charge in [0.15, 0.2) is 0 Å². The summed E-state index contributed by atoms with van der Waals surface area (Å²) in [5.74, 6) is 0.676. The first-order valence-electron chi connectivity index (χ1n) is 6.53. The summed E-state index contributed by atoms with van der Waals surface area (Å²) in [5, 5.41) is 1.12. The molecule has 118 valence electrons. The number of aryl methyl sites for hydroxylation is 1. The van der Waals surface area contributed by atoms with E-state index in [9.17, 15) is 8.42 Å². The highest BCUT2D eigenvalue weighted by Gasteiger charge is 2.13. The number of hydrogen-bond acceptors (Lipinski definition) is 3. The monoisotopic (exact) mass is 359 g/mol. The van der Waals surface area contributed by atoms with E-state index in [0.29, 0.717) is 15.8 Å². The Kier molecular flexibility index (Phi) is 5.69. The highest BCUT2D eigenvalue weighted by atomic mass is 35.5. The van der Waals surface area contributed by atoms with Gasteiger partial charge in [-0.2, -0.15) is 0 Å². The van der Waals surface area contributed by atoms with Crippen molar-refractivity contribution in [1.29, 1.82) is 0 Å². The average Bonchev–Trinajstić information content (AvgIpc) is 2.46. The molecule has 0 saturated carbocycles. The van der Waals surface area contributed by atoms with Crippen LogP contribution in [0.3, 0.4) is 0 Å². The minimum Gasteiger partial charge on any atom is -0.492 e. The quantitative estimate of drug-likeness (QED) is 0.800. The van der Waals surface area contributed by atoms with Crippen molar-refractivity contribution in [1.82, 2.24) is 4.72 Å². The molecule has 22 heavy (non-hydrogen) atoms. The Morgan fingerprint density at radius 3 is 2.32 bits per heavy atom. The Labute approximate surface area is 140 Å². The molecule has 0 atom stereocenters. The third-order valence-corrected chi connectivity index (χ3v) is 4.88. The fourth-order valence-electron chi connectivity index (χ4n) is 1.81. The van der Waals surface area contributed by atoms with Crippen molar-refractivity contribution in [2.24, 2.45) is 0 Å². The zero-order valence-electron chi connectivity index (χ0n) is 11.8. The molecule has 0 fully saturated rings. The lowest BCUT2D eigenvalue weighted by molar-refractivity contribution is 0.320. The molecule has 2 aromatic carbocycles. The molecule has 0 unspecified atom stereocenters. The highest BCUT2D eigenvalue weighted by molar-refractivity contribution is 7.89. The summed E-state index contributed by atoms with van der Waals surface area (Å²) in [7, 11) is -3.56. The van der Waals surface area contributed by atoms with Gasteiger partial charge < -0.3 is 4.74 Å². The average molecular weight is 360 g/mol. The lowest BCUT2D eigenvalue weighted by Gasteiger charge is -2.10. The molecule has 0 saturated heterocycles. The Morgan fingerprint density at radius 1 is 1.05 bits per heavy atom. The van der Waals surface area contributed by atoms with Crippen molar-refractivity contribution in [3.8, 4) is 5.75 Å². The molecule has 2 rings (SSSR count). The number of hydrogen-bond donors (Lipinski definition) is 1. The Bertz CT molecular complexity index is 746. The van der Waals surface area contributed by atoms with Gasteiger partial charge in [-0.25, -0.2) is 13.1 Å². The van der Waals surface area contributed by atoms with Gasteiger partial charge in [0.25, 0.3) is 0 Å². The molecule has 1 N–H and O–H groups in total. The van der Waals surface area contributed by atoms with Crippen LogP contribution in [0.4, 0.5) is 0 Å². The molecule has 2 aromatic rings. The van der Waals surface area contributed by atoms with Crippen LogP contribution in [-0.4, -0.2) is 21.6 Å². The van der Waals surface area contributed by atoms with Crippen LogP contribution >= 0.6 is 23.2 Å². The number of rotatable bonds is 6. The van der Waals surface area contributed by atoms with Crippen molar-refractivity contribution in [2.45, 2.75) is 11.8 Å². The van der Waals surface area contributed by atoms with Crippen LogP contribution in [0, 0.1) is 6.92 Å². The maximum absolute atomic E-state index is 12.0. The summed E-state index contributed by atoms with van der Waals surface area (Å²) in [6.45, 7) is 2.25. The molecule has 0 amide bonds. The third-order valence-electron chi connectivity index (χ3n) is 2.91. The maximum atomic E-state index is 12.0. The van der Waals surface area contributed by atoms with E-state index >= 15 is 0 Å². The van der Waals surface area contributed by atoms with Crippen LogP contribution in [0.2, 0.25) is 10.0 Å². The zero-order valence-corrected chi connectivity index (χ0v) is 14.2. The molecule has 0 heterocycles. The summed E-state index contributed by atoms with van der Waals surface area (Å²) < 4.78 is 32.1. The van der Waals surface area contributed by atoms with Crippen molar-refractivity contribution >= 4 is 33.2 Å². The predicted octanol–water partition coefficient (Wildman–Crippen LogP) is 3.66. The molecule has 0 radical (unpaired) electrons. The second-order valence-corrected chi connectivity index (χ2v) is 7.25. The second kappa shape index (κ2) is 7.33. The predicted molar refractivity (Wildman–Crippen MR) is 88.3 cm³/mol. The van der Waals surface area contributed by atoms with Crippen molar-refractivity contribution in [2.75, 3.05) is 13.2 Å². The smallest absolute Gasteiger partial charge is 0.240 e. The normalized spacial score (nSPS) is 11.4. The molecule has 0 aliphatic heterocycles. The molecule has 0 aliphatic rings. The van der Waals surface area contributed by atoms with Gasteiger partial charge in [0.2, 0.25) is 10.0 Å². The SMILES string of the molecule is Cc1cc(Cl)ccc1OCCNS(=O)(=O)c1ccc(Cl)cc1. The maximum Gasteiger partial charge on any atom is 0.240 e. The topological polar surface area (TPSA) is 55.4 Å².